The number of H-pyrrole nitrogens is 1. The summed E-state index contributed by atoms with van der Waals surface area (Å²) in [6, 6.07) is 8.15. The van der Waals surface area contributed by atoms with Gasteiger partial charge in [-0.25, -0.2) is 10.1 Å². The number of nitrogens with one attached hydrogen (secondary N) is 2. The van der Waals surface area contributed by atoms with E-state index >= 15 is 0 Å². The van der Waals surface area contributed by atoms with Crippen molar-refractivity contribution in [1.82, 2.24) is 20.2 Å². The number of aryl methyl sites for hydroxylation is 1. The molecule has 1 aromatic carbocycles. The highest BCUT2D eigenvalue weighted by atomic mass is 32.1. The lowest BCUT2D eigenvalue weighted by molar-refractivity contribution is -0.115. The van der Waals surface area contributed by atoms with Crippen LogP contribution >= 0.6 is 11.3 Å². The lowest BCUT2D eigenvalue weighted by Crippen LogP contribution is -2.15. The second kappa shape index (κ2) is 5.84. The molecular formula is C14H13N5OS. The number of benzene rings is 1. The van der Waals surface area contributed by atoms with Crippen LogP contribution < -0.4 is 5.32 Å². The number of carbonyl (C=O) groups is 1. The molecule has 1 amide bonds. The van der Waals surface area contributed by atoms with Crippen LogP contribution in [-0.4, -0.2) is 26.1 Å². The van der Waals surface area contributed by atoms with Crippen LogP contribution in [0.25, 0.3) is 10.6 Å². The number of hydrogen-bond acceptors (Lipinski definition) is 5. The predicted octanol–water partition coefficient (Wildman–Crippen LogP) is 2.42. The van der Waals surface area contributed by atoms with Crippen molar-refractivity contribution in [2.24, 2.45) is 0 Å². The fourth-order valence-electron chi connectivity index (χ4n) is 1.91. The van der Waals surface area contributed by atoms with Gasteiger partial charge < -0.3 is 0 Å². The van der Waals surface area contributed by atoms with Crippen molar-refractivity contribution < 1.29 is 4.79 Å². The molecule has 0 aliphatic carbocycles. The highest BCUT2D eigenvalue weighted by Crippen LogP contribution is 2.24. The van der Waals surface area contributed by atoms with E-state index in [0.717, 1.165) is 16.3 Å². The number of amides is 1. The van der Waals surface area contributed by atoms with Crippen LogP contribution in [0.4, 0.5) is 5.95 Å². The van der Waals surface area contributed by atoms with Crippen LogP contribution in [0.5, 0.6) is 0 Å². The monoisotopic (exact) mass is 299 g/mol. The summed E-state index contributed by atoms with van der Waals surface area (Å²) in [7, 11) is 0. The van der Waals surface area contributed by atoms with E-state index in [0.29, 0.717) is 5.95 Å². The molecule has 3 rings (SSSR count). The van der Waals surface area contributed by atoms with Gasteiger partial charge in [-0.1, -0.05) is 23.8 Å². The zero-order chi connectivity index (χ0) is 14.7. The van der Waals surface area contributed by atoms with Crippen LogP contribution in [0.15, 0.2) is 36.0 Å². The van der Waals surface area contributed by atoms with Crippen molar-refractivity contribution in [3.63, 3.8) is 0 Å². The molecule has 0 unspecified atom stereocenters. The minimum Gasteiger partial charge on any atom is -0.295 e. The van der Waals surface area contributed by atoms with Crippen molar-refractivity contribution >= 4 is 23.2 Å². The summed E-state index contributed by atoms with van der Waals surface area (Å²) in [6.45, 7) is 2.04. The third kappa shape index (κ3) is 3.32. The van der Waals surface area contributed by atoms with Gasteiger partial charge in [0.2, 0.25) is 11.9 Å². The number of hydrogen-bond donors (Lipinski definition) is 2. The molecule has 2 N–H and O–H groups in total. The van der Waals surface area contributed by atoms with Crippen LogP contribution in [0.2, 0.25) is 0 Å². The minimum atomic E-state index is -0.173. The first-order valence-corrected chi connectivity index (χ1v) is 7.25. The largest absolute Gasteiger partial charge is 0.295 e. The van der Waals surface area contributed by atoms with Gasteiger partial charge in [-0.05, 0) is 13.0 Å². The highest BCUT2D eigenvalue weighted by molar-refractivity contribution is 7.13. The summed E-state index contributed by atoms with van der Waals surface area (Å²) < 4.78 is 0. The van der Waals surface area contributed by atoms with E-state index in [4.69, 9.17) is 0 Å². The summed E-state index contributed by atoms with van der Waals surface area (Å²) >= 11 is 1.53. The summed E-state index contributed by atoms with van der Waals surface area (Å²) in [5.41, 5.74) is 3.00. The van der Waals surface area contributed by atoms with Crippen molar-refractivity contribution in [1.29, 1.82) is 0 Å². The number of rotatable bonds is 4. The zero-order valence-electron chi connectivity index (χ0n) is 11.3. The molecule has 0 saturated carbocycles. The van der Waals surface area contributed by atoms with Gasteiger partial charge in [0.1, 0.15) is 11.3 Å². The van der Waals surface area contributed by atoms with Gasteiger partial charge in [0.05, 0.1) is 12.1 Å². The maximum absolute atomic E-state index is 11.8. The molecule has 0 aliphatic rings. The topological polar surface area (TPSA) is 83.6 Å². The molecule has 7 heteroatoms. The third-order valence-corrected chi connectivity index (χ3v) is 3.77. The summed E-state index contributed by atoms with van der Waals surface area (Å²) in [5, 5.41) is 11.7. The van der Waals surface area contributed by atoms with E-state index in [1.165, 1.54) is 23.2 Å². The molecule has 0 fully saturated rings. The molecular weight excluding hydrogens is 286 g/mol. The third-order valence-electron chi connectivity index (χ3n) is 2.83. The lowest BCUT2D eigenvalue weighted by Gasteiger charge is -1.99. The van der Waals surface area contributed by atoms with Crippen LogP contribution in [0, 0.1) is 6.92 Å². The van der Waals surface area contributed by atoms with Crippen molar-refractivity contribution in [3.8, 4) is 10.6 Å². The Morgan fingerprint density at radius 2 is 2.33 bits per heavy atom. The van der Waals surface area contributed by atoms with E-state index in [2.05, 4.69) is 31.5 Å². The van der Waals surface area contributed by atoms with Crippen LogP contribution in [0.1, 0.15) is 11.3 Å². The number of thiazole rings is 1. The first kappa shape index (κ1) is 13.4. The fourth-order valence-corrected chi connectivity index (χ4v) is 2.72. The van der Waals surface area contributed by atoms with Gasteiger partial charge in [-0.3, -0.25) is 10.1 Å². The minimum absolute atomic E-state index is 0.173. The van der Waals surface area contributed by atoms with E-state index in [-0.39, 0.29) is 12.3 Å². The van der Waals surface area contributed by atoms with Crippen molar-refractivity contribution in [2.45, 2.75) is 13.3 Å². The summed E-state index contributed by atoms with van der Waals surface area (Å²) in [4.78, 5) is 20.2. The normalized spacial score (nSPS) is 10.5. The molecule has 0 aliphatic heterocycles. The first-order valence-electron chi connectivity index (χ1n) is 6.37. The quantitative estimate of drug-likeness (QED) is 0.775. The maximum atomic E-state index is 11.8. The Labute approximate surface area is 125 Å². The summed E-state index contributed by atoms with van der Waals surface area (Å²) in [5.74, 6) is 0.168. The second-order valence-corrected chi connectivity index (χ2v) is 5.43. The number of aromatic nitrogens is 4. The Hall–Kier alpha value is -2.54. The molecule has 2 heterocycles. The van der Waals surface area contributed by atoms with Gasteiger partial charge >= 0.3 is 0 Å². The molecule has 2 aromatic heterocycles. The average molecular weight is 299 g/mol. The van der Waals surface area contributed by atoms with Gasteiger partial charge in [0.25, 0.3) is 0 Å². The van der Waals surface area contributed by atoms with E-state index in [1.54, 1.807) is 0 Å². The molecule has 0 saturated heterocycles. The fraction of sp³-hybridized carbons (Fsp3) is 0.143. The maximum Gasteiger partial charge on any atom is 0.232 e. The van der Waals surface area contributed by atoms with E-state index in [1.807, 2.05) is 30.5 Å². The number of aromatic amines is 1. The molecule has 0 radical (unpaired) electrons. The number of carbonyl (C=O) groups excluding carboxylic acids is 1. The van der Waals surface area contributed by atoms with Gasteiger partial charge in [-0.2, -0.15) is 10.1 Å². The first-order chi connectivity index (χ1) is 10.2. The second-order valence-electron chi connectivity index (χ2n) is 4.57. The molecule has 0 atom stereocenters. The van der Waals surface area contributed by atoms with Gasteiger partial charge in [0.15, 0.2) is 0 Å². The van der Waals surface area contributed by atoms with Crippen molar-refractivity contribution in [2.75, 3.05) is 5.32 Å². The predicted molar refractivity (Wildman–Crippen MR) is 81.0 cm³/mol. The Morgan fingerprint density at radius 1 is 1.43 bits per heavy atom. The van der Waals surface area contributed by atoms with Gasteiger partial charge in [-0.15, -0.1) is 11.3 Å². The Bertz CT molecular complexity index is 750. The average Bonchev–Trinajstić information content (AvgIpc) is 3.10. The number of nitrogens with zero attached hydrogens (tertiary/aromatic N) is 3. The SMILES string of the molecule is Cc1cccc(-c2nc(CC(=O)Nc3ncn[nH]3)cs2)c1. The Balaban J connectivity index is 1.69. The zero-order valence-corrected chi connectivity index (χ0v) is 12.1. The Morgan fingerprint density at radius 3 is 3.10 bits per heavy atom. The molecule has 0 spiro atoms. The van der Waals surface area contributed by atoms with Crippen LogP contribution in [0.3, 0.4) is 0 Å². The molecule has 0 bridgehead atoms. The van der Waals surface area contributed by atoms with E-state index < -0.39 is 0 Å². The smallest absolute Gasteiger partial charge is 0.232 e. The molecule has 6 nitrogen and oxygen atoms in total. The van der Waals surface area contributed by atoms with Crippen LogP contribution in [-0.2, 0) is 11.2 Å². The van der Waals surface area contributed by atoms with E-state index in [9.17, 15) is 4.79 Å². The molecule has 3 aromatic rings. The standard InChI is InChI=1S/C14H13N5OS/c1-9-3-2-4-10(5-9)13-17-11(7-21-13)6-12(20)18-14-15-8-16-19-14/h2-5,7-8H,6H2,1H3,(H2,15,16,18,19,20). The molecule has 106 valence electrons. The lowest BCUT2D eigenvalue weighted by atomic mass is 10.1. The van der Waals surface area contributed by atoms with Crippen molar-refractivity contribution in [3.05, 3.63) is 47.2 Å². The molecule has 21 heavy (non-hydrogen) atoms. The highest BCUT2D eigenvalue weighted by Gasteiger charge is 2.10. The summed E-state index contributed by atoms with van der Waals surface area (Å²) in [6.07, 6.45) is 1.55. The number of anilines is 1. The Kier molecular flexibility index (Phi) is 3.74. The van der Waals surface area contributed by atoms with Gasteiger partial charge in [0, 0.05) is 10.9 Å².